The van der Waals surface area contributed by atoms with Crippen LogP contribution >= 0.6 is 0 Å². The van der Waals surface area contributed by atoms with E-state index in [4.69, 9.17) is 9.84 Å². The Balaban J connectivity index is 2.08. The molecule has 0 spiro atoms. The number of unbranched alkanes of at least 4 members (excludes halogenated alkanes) is 2. The Kier molecular flexibility index (Phi) is 6.72. The second-order valence-corrected chi connectivity index (χ2v) is 4.71. The molecule has 1 aliphatic rings. The van der Waals surface area contributed by atoms with Crippen molar-refractivity contribution in [3.05, 3.63) is 0 Å². The Morgan fingerprint density at radius 3 is 2.78 bits per heavy atom. The van der Waals surface area contributed by atoms with Crippen molar-refractivity contribution in [2.45, 2.75) is 51.6 Å². The lowest BCUT2D eigenvalue weighted by atomic mass is 9.98. The van der Waals surface area contributed by atoms with E-state index in [0.29, 0.717) is 19.6 Å². The van der Waals surface area contributed by atoms with Gasteiger partial charge in [0.2, 0.25) is 5.91 Å². The van der Waals surface area contributed by atoms with Crippen LogP contribution in [-0.2, 0) is 14.3 Å². The molecule has 5 heteroatoms. The SMILES string of the molecule is CCC1OCCC1C(=O)NCCCCCC(=O)O. The summed E-state index contributed by atoms with van der Waals surface area (Å²) in [6, 6.07) is 0. The Morgan fingerprint density at radius 1 is 1.33 bits per heavy atom. The second kappa shape index (κ2) is 8.08. The summed E-state index contributed by atoms with van der Waals surface area (Å²) < 4.78 is 5.48. The number of carboxylic acid groups (broad SMARTS) is 1. The third kappa shape index (κ3) is 5.04. The molecule has 2 unspecified atom stereocenters. The first-order chi connectivity index (χ1) is 8.65. The van der Waals surface area contributed by atoms with Gasteiger partial charge in [0.1, 0.15) is 0 Å². The predicted octanol–water partition coefficient (Wildman–Crippen LogP) is 1.56. The topological polar surface area (TPSA) is 75.6 Å². The summed E-state index contributed by atoms with van der Waals surface area (Å²) in [5.41, 5.74) is 0. The van der Waals surface area contributed by atoms with Crippen molar-refractivity contribution in [1.82, 2.24) is 5.32 Å². The van der Waals surface area contributed by atoms with Gasteiger partial charge in [0.25, 0.3) is 0 Å². The molecule has 2 N–H and O–H groups in total. The van der Waals surface area contributed by atoms with E-state index in [1.54, 1.807) is 0 Å². The molecule has 1 heterocycles. The van der Waals surface area contributed by atoms with E-state index < -0.39 is 5.97 Å². The van der Waals surface area contributed by atoms with Gasteiger partial charge in [0.05, 0.1) is 12.0 Å². The van der Waals surface area contributed by atoms with Crippen molar-refractivity contribution in [2.24, 2.45) is 5.92 Å². The average molecular weight is 257 g/mol. The standard InChI is InChI=1S/C13H23NO4/c1-2-11-10(7-9-18-11)13(17)14-8-5-3-4-6-12(15)16/h10-11H,2-9H2,1H3,(H,14,17)(H,15,16). The number of nitrogens with one attached hydrogen (secondary N) is 1. The van der Waals surface area contributed by atoms with E-state index in [0.717, 1.165) is 25.7 Å². The highest BCUT2D eigenvalue weighted by atomic mass is 16.5. The normalized spacial score (nSPS) is 22.9. The maximum absolute atomic E-state index is 11.9. The van der Waals surface area contributed by atoms with E-state index in [-0.39, 0.29) is 24.3 Å². The number of hydrogen-bond acceptors (Lipinski definition) is 3. The molecule has 1 rings (SSSR count). The Bertz CT molecular complexity index is 280. The van der Waals surface area contributed by atoms with Gasteiger partial charge in [-0.05, 0) is 25.7 Å². The van der Waals surface area contributed by atoms with E-state index >= 15 is 0 Å². The Hall–Kier alpha value is -1.10. The molecule has 0 saturated carbocycles. The van der Waals surface area contributed by atoms with Crippen LogP contribution in [0.2, 0.25) is 0 Å². The van der Waals surface area contributed by atoms with Gasteiger partial charge in [0.15, 0.2) is 0 Å². The highest BCUT2D eigenvalue weighted by Gasteiger charge is 2.32. The van der Waals surface area contributed by atoms with Crippen LogP contribution in [0.3, 0.4) is 0 Å². The van der Waals surface area contributed by atoms with E-state index in [2.05, 4.69) is 5.32 Å². The molecule has 2 atom stereocenters. The average Bonchev–Trinajstić information content (AvgIpc) is 2.81. The minimum Gasteiger partial charge on any atom is -0.481 e. The van der Waals surface area contributed by atoms with E-state index in [1.807, 2.05) is 6.92 Å². The monoisotopic (exact) mass is 257 g/mol. The van der Waals surface area contributed by atoms with Crippen molar-refractivity contribution in [2.75, 3.05) is 13.2 Å². The summed E-state index contributed by atoms with van der Waals surface area (Å²) >= 11 is 0. The lowest BCUT2D eigenvalue weighted by Crippen LogP contribution is -2.35. The molecule has 1 saturated heterocycles. The number of ether oxygens (including phenoxy) is 1. The van der Waals surface area contributed by atoms with Crippen molar-refractivity contribution in [3.63, 3.8) is 0 Å². The van der Waals surface area contributed by atoms with Gasteiger partial charge >= 0.3 is 5.97 Å². The summed E-state index contributed by atoms with van der Waals surface area (Å²) in [5, 5.41) is 11.4. The fraction of sp³-hybridized carbons (Fsp3) is 0.846. The van der Waals surface area contributed by atoms with Gasteiger partial charge in [-0.15, -0.1) is 0 Å². The first-order valence-corrected chi connectivity index (χ1v) is 6.76. The zero-order valence-electron chi connectivity index (χ0n) is 11.0. The number of hydrogen-bond donors (Lipinski definition) is 2. The van der Waals surface area contributed by atoms with Gasteiger partial charge in [-0.2, -0.15) is 0 Å². The number of carboxylic acids is 1. The van der Waals surface area contributed by atoms with Crippen molar-refractivity contribution < 1.29 is 19.4 Å². The minimum absolute atomic E-state index is 0.00554. The fourth-order valence-corrected chi connectivity index (χ4v) is 2.27. The molecule has 0 aromatic carbocycles. The molecule has 0 aliphatic carbocycles. The fourth-order valence-electron chi connectivity index (χ4n) is 2.27. The van der Waals surface area contributed by atoms with Crippen LogP contribution in [0.4, 0.5) is 0 Å². The van der Waals surface area contributed by atoms with Crippen LogP contribution in [0.15, 0.2) is 0 Å². The van der Waals surface area contributed by atoms with Crippen LogP contribution in [0, 0.1) is 5.92 Å². The maximum Gasteiger partial charge on any atom is 0.303 e. The van der Waals surface area contributed by atoms with Crippen LogP contribution in [0.5, 0.6) is 0 Å². The molecular weight excluding hydrogens is 234 g/mol. The van der Waals surface area contributed by atoms with Gasteiger partial charge in [-0.1, -0.05) is 13.3 Å². The van der Waals surface area contributed by atoms with Crippen LogP contribution in [0.25, 0.3) is 0 Å². The molecule has 5 nitrogen and oxygen atoms in total. The van der Waals surface area contributed by atoms with Crippen molar-refractivity contribution in [1.29, 1.82) is 0 Å². The molecule has 1 aliphatic heterocycles. The second-order valence-electron chi connectivity index (χ2n) is 4.71. The summed E-state index contributed by atoms with van der Waals surface area (Å²) in [4.78, 5) is 22.2. The molecule has 104 valence electrons. The third-order valence-electron chi connectivity index (χ3n) is 3.32. The van der Waals surface area contributed by atoms with Gasteiger partial charge in [-0.25, -0.2) is 0 Å². The highest BCUT2D eigenvalue weighted by Crippen LogP contribution is 2.23. The summed E-state index contributed by atoms with van der Waals surface area (Å²) in [7, 11) is 0. The molecule has 0 aromatic rings. The number of amides is 1. The van der Waals surface area contributed by atoms with E-state index in [9.17, 15) is 9.59 Å². The molecule has 0 aromatic heterocycles. The van der Waals surface area contributed by atoms with Gasteiger partial charge < -0.3 is 15.2 Å². The lowest BCUT2D eigenvalue weighted by Gasteiger charge is -2.16. The smallest absolute Gasteiger partial charge is 0.303 e. The molecule has 18 heavy (non-hydrogen) atoms. The van der Waals surface area contributed by atoms with E-state index in [1.165, 1.54) is 0 Å². The zero-order valence-corrected chi connectivity index (χ0v) is 11.0. The predicted molar refractivity (Wildman–Crippen MR) is 67.3 cm³/mol. The van der Waals surface area contributed by atoms with Crippen molar-refractivity contribution in [3.8, 4) is 0 Å². The molecular formula is C13H23NO4. The van der Waals surface area contributed by atoms with Gasteiger partial charge in [0, 0.05) is 19.6 Å². The number of carbonyl (C=O) groups excluding carboxylic acids is 1. The molecule has 1 fully saturated rings. The summed E-state index contributed by atoms with van der Waals surface area (Å²) in [5.74, 6) is -0.681. The first kappa shape index (κ1) is 15.0. The van der Waals surface area contributed by atoms with Gasteiger partial charge in [-0.3, -0.25) is 9.59 Å². The third-order valence-corrected chi connectivity index (χ3v) is 3.32. The number of rotatable bonds is 8. The molecule has 0 radical (unpaired) electrons. The zero-order chi connectivity index (χ0) is 13.4. The summed E-state index contributed by atoms with van der Waals surface area (Å²) in [6.45, 7) is 3.34. The van der Waals surface area contributed by atoms with Crippen LogP contribution < -0.4 is 5.32 Å². The number of carbonyl (C=O) groups is 2. The minimum atomic E-state index is -0.757. The Labute approximate surface area is 108 Å². The number of aliphatic carboxylic acids is 1. The summed E-state index contributed by atoms with van der Waals surface area (Å²) in [6.07, 6.45) is 4.31. The van der Waals surface area contributed by atoms with Crippen LogP contribution in [-0.4, -0.2) is 36.2 Å². The van der Waals surface area contributed by atoms with Crippen molar-refractivity contribution >= 4 is 11.9 Å². The largest absolute Gasteiger partial charge is 0.481 e. The highest BCUT2D eigenvalue weighted by molar-refractivity contribution is 5.79. The maximum atomic E-state index is 11.9. The first-order valence-electron chi connectivity index (χ1n) is 6.76. The molecule has 1 amide bonds. The van der Waals surface area contributed by atoms with Crippen LogP contribution in [0.1, 0.15) is 45.4 Å². The lowest BCUT2D eigenvalue weighted by molar-refractivity contribution is -0.137. The Morgan fingerprint density at radius 2 is 2.11 bits per heavy atom. The quantitative estimate of drug-likeness (QED) is 0.647. The molecule has 0 bridgehead atoms.